The van der Waals surface area contributed by atoms with E-state index in [1.807, 2.05) is 0 Å². The van der Waals surface area contributed by atoms with Crippen LogP contribution < -0.4 is 33.2 Å². The number of ether oxygens (including phenoxy) is 7. The number of fused-ring (bicyclic) bond motifs is 3. The molecule has 198 valence electrons. The zero-order valence-corrected chi connectivity index (χ0v) is 20.6. The molecule has 0 radical (unpaired) electrons. The highest BCUT2D eigenvalue weighted by molar-refractivity contribution is 6.46. The number of ketones is 1. The Balaban J connectivity index is 1.37. The van der Waals surface area contributed by atoms with Crippen LogP contribution in [-0.4, -0.2) is 49.2 Å². The van der Waals surface area contributed by atoms with Crippen molar-refractivity contribution >= 4 is 17.4 Å². The molecule has 11 nitrogen and oxygen atoms in total. The zero-order chi connectivity index (χ0) is 26.7. The minimum absolute atomic E-state index is 0.00370. The predicted octanol–water partition coefficient (Wildman–Crippen LogP) is 3.50. The fourth-order valence-corrected chi connectivity index (χ4v) is 5.13. The summed E-state index contributed by atoms with van der Waals surface area (Å²) in [5.41, 5.74) is 1.43. The second-order valence-electron chi connectivity index (χ2n) is 9.14. The van der Waals surface area contributed by atoms with Crippen molar-refractivity contribution in [3.05, 3.63) is 70.8 Å². The summed E-state index contributed by atoms with van der Waals surface area (Å²) in [6.07, 6.45) is 0. The van der Waals surface area contributed by atoms with E-state index in [1.165, 1.54) is 12.0 Å². The summed E-state index contributed by atoms with van der Waals surface area (Å²) in [5.74, 6) is 1.35. The number of nitrogens with zero attached hydrogens (tertiary/aromatic N) is 1. The van der Waals surface area contributed by atoms with Crippen molar-refractivity contribution in [2.24, 2.45) is 0 Å². The monoisotopic (exact) mass is 531 g/mol. The fraction of sp³-hybridized carbons (Fsp3) is 0.214. The summed E-state index contributed by atoms with van der Waals surface area (Å²) in [5, 5.41) is 11.5. The molecular weight excluding hydrogens is 510 g/mol. The number of hydrogen-bond donors (Lipinski definition) is 1. The molecule has 1 amide bonds. The number of Topliss-reactive ketones (excluding diaryl/α,β-unsaturated/α-hetero) is 1. The van der Waals surface area contributed by atoms with Gasteiger partial charge in [0.15, 0.2) is 34.5 Å². The average Bonchev–Trinajstić information content (AvgIpc) is 3.75. The van der Waals surface area contributed by atoms with Crippen molar-refractivity contribution in [3.63, 3.8) is 0 Å². The predicted molar refractivity (Wildman–Crippen MR) is 132 cm³/mol. The summed E-state index contributed by atoms with van der Waals surface area (Å²) in [4.78, 5) is 28.4. The van der Waals surface area contributed by atoms with Crippen LogP contribution in [0.5, 0.6) is 40.2 Å². The van der Waals surface area contributed by atoms with Crippen molar-refractivity contribution in [3.8, 4) is 40.2 Å². The number of amides is 1. The first kappa shape index (κ1) is 23.1. The van der Waals surface area contributed by atoms with Crippen LogP contribution in [0.4, 0.5) is 0 Å². The van der Waals surface area contributed by atoms with Gasteiger partial charge in [0.25, 0.3) is 11.7 Å². The highest BCUT2D eigenvalue weighted by Gasteiger charge is 2.47. The van der Waals surface area contributed by atoms with Gasteiger partial charge in [0, 0.05) is 12.1 Å². The van der Waals surface area contributed by atoms with Crippen molar-refractivity contribution in [2.75, 3.05) is 27.5 Å². The smallest absolute Gasteiger partial charge is 0.295 e. The van der Waals surface area contributed by atoms with E-state index < -0.39 is 17.7 Å². The van der Waals surface area contributed by atoms with Gasteiger partial charge in [0.2, 0.25) is 26.1 Å². The first-order chi connectivity index (χ1) is 19.0. The summed E-state index contributed by atoms with van der Waals surface area (Å²) in [6, 6.07) is 12.5. The van der Waals surface area contributed by atoms with Gasteiger partial charge in [-0.05, 0) is 53.6 Å². The second kappa shape index (κ2) is 8.76. The minimum atomic E-state index is -0.968. The molecule has 0 bridgehead atoms. The third kappa shape index (κ3) is 3.65. The van der Waals surface area contributed by atoms with Gasteiger partial charge in [-0.1, -0.05) is 6.07 Å². The fourth-order valence-electron chi connectivity index (χ4n) is 5.13. The lowest BCUT2D eigenvalue weighted by Crippen LogP contribution is -2.29. The zero-order valence-electron chi connectivity index (χ0n) is 20.6. The van der Waals surface area contributed by atoms with Crippen molar-refractivity contribution < 1.29 is 47.9 Å². The van der Waals surface area contributed by atoms with Crippen LogP contribution in [0.3, 0.4) is 0 Å². The number of methoxy groups -OCH3 is 1. The first-order valence-corrected chi connectivity index (χ1v) is 12.1. The van der Waals surface area contributed by atoms with Gasteiger partial charge in [0.1, 0.15) is 5.76 Å². The van der Waals surface area contributed by atoms with Crippen LogP contribution in [0.15, 0.2) is 54.1 Å². The number of carbonyl (C=O) groups excluding carboxylic acids is 2. The number of benzene rings is 3. The molecule has 4 aliphatic heterocycles. The minimum Gasteiger partial charge on any atom is -0.507 e. The lowest BCUT2D eigenvalue weighted by molar-refractivity contribution is -0.140. The van der Waals surface area contributed by atoms with Crippen LogP contribution in [-0.2, 0) is 16.1 Å². The normalized spacial score (nSPS) is 19.6. The Kier molecular flexibility index (Phi) is 5.18. The molecule has 0 spiro atoms. The lowest BCUT2D eigenvalue weighted by atomic mass is 9.94. The molecule has 1 atom stereocenters. The maximum Gasteiger partial charge on any atom is 0.295 e. The molecule has 1 fully saturated rings. The van der Waals surface area contributed by atoms with Gasteiger partial charge >= 0.3 is 0 Å². The number of aliphatic hydroxyl groups is 1. The molecule has 0 aromatic heterocycles. The summed E-state index contributed by atoms with van der Waals surface area (Å²) >= 11 is 0. The Bertz CT molecular complexity index is 1580. The molecule has 3 aromatic rings. The van der Waals surface area contributed by atoms with Crippen molar-refractivity contribution in [1.82, 2.24) is 4.90 Å². The van der Waals surface area contributed by atoms with E-state index >= 15 is 0 Å². The molecule has 1 N–H and O–H groups in total. The maximum absolute atomic E-state index is 13.5. The second-order valence-corrected chi connectivity index (χ2v) is 9.14. The largest absolute Gasteiger partial charge is 0.507 e. The number of aliphatic hydroxyl groups excluding tert-OH is 1. The van der Waals surface area contributed by atoms with Crippen LogP contribution in [0.1, 0.15) is 22.7 Å². The molecule has 39 heavy (non-hydrogen) atoms. The molecule has 4 heterocycles. The molecule has 1 saturated heterocycles. The van der Waals surface area contributed by atoms with Gasteiger partial charge in [0.05, 0.1) is 18.7 Å². The van der Waals surface area contributed by atoms with E-state index in [1.54, 1.807) is 48.5 Å². The van der Waals surface area contributed by atoms with Gasteiger partial charge in [-0.15, -0.1) is 0 Å². The molecule has 0 saturated carbocycles. The molecule has 4 aliphatic rings. The van der Waals surface area contributed by atoms with Crippen molar-refractivity contribution in [2.45, 2.75) is 12.6 Å². The standard InChI is InChI=1S/C28H21NO10/c1-33-21-8-16(9-22-27(21)39-13-38-22)24-23(25(30)15-3-5-18-20(7-15)37-12-35-18)26(31)28(32)29(24)10-14-2-4-17-19(6-14)36-11-34-17/h2-9,24,30H,10-13H2,1H3/t24-/m0/s1. The third-order valence-electron chi connectivity index (χ3n) is 6.97. The summed E-state index contributed by atoms with van der Waals surface area (Å²) < 4.78 is 38.3. The Labute approximate surface area is 221 Å². The van der Waals surface area contributed by atoms with Crippen LogP contribution >= 0.6 is 0 Å². The Hall–Kier alpha value is -5.06. The average molecular weight is 531 g/mol. The topological polar surface area (TPSA) is 122 Å². The van der Waals surface area contributed by atoms with E-state index in [9.17, 15) is 14.7 Å². The Morgan fingerprint density at radius 2 is 1.51 bits per heavy atom. The highest BCUT2D eigenvalue weighted by Crippen LogP contribution is 2.48. The van der Waals surface area contributed by atoms with Crippen molar-refractivity contribution in [1.29, 1.82) is 0 Å². The molecule has 0 unspecified atom stereocenters. The van der Waals surface area contributed by atoms with E-state index in [4.69, 9.17) is 33.2 Å². The Morgan fingerprint density at radius 1 is 0.846 bits per heavy atom. The van der Waals surface area contributed by atoms with E-state index in [0.29, 0.717) is 56.9 Å². The molecule has 0 aliphatic carbocycles. The summed E-state index contributed by atoms with van der Waals surface area (Å²) in [7, 11) is 1.48. The van der Waals surface area contributed by atoms with Crippen LogP contribution in [0.25, 0.3) is 5.76 Å². The van der Waals surface area contributed by atoms with Gasteiger partial charge in [-0.3, -0.25) is 9.59 Å². The first-order valence-electron chi connectivity index (χ1n) is 12.1. The number of rotatable bonds is 5. The molecular formula is C28H21NO10. The summed E-state index contributed by atoms with van der Waals surface area (Å²) in [6.45, 7) is 0.219. The van der Waals surface area contributed by atoms with E-state index in [0.717, 1.165) is 0 Å². The number of hydrogen-bond acceptors (Lipinski definition) is 10. The van der Waals surface area contributed by atoms with Crippen LogP contribution in [0.2, 0.25) is 0 Å². The Morgan fingerprint density at radius 3 is 2.28 bits per heavy atom. The molecule has 7 rings (SSSR count). The van der Waals surface area contributed by atoms with Gasteiger partial charge in [-0.25, -0.2) is 0 Å². The van der Waals surface area contributed by atoms with E-state index in [-0.39, 0.29) is 38.3 Å². The third-order valence-corrected chi connectivity index (χ3v) is 6.97. The van der Waals surface area contributed by atoms with Gasteiger partial charge in [-0.2, -0.15) is 0 Å². The quantitative estimate of drug-likeness (QED) is 0.297. The molecule has 11 heteroatoms. The highest BCUT2D eigenvalue weighted by atomic mass is 16.7. The number of carbonyl (C=O) groups is 2. The van der Waals surface area contributed by atoms with E-state index in [2.05, 4.69) is 0 Å². The molecule has 3 aromatic carbocycles. The van der Waals surface area contributed by atoms with Gasteiger partial charge < -0.3 is 43.2 Å². The SMILES string of the molecule is COc1cc([C@H]2C(=C(O)c3ccc4c(c3)OCO4)C(=O)C(=O)N2Cc2ccc3c(c2)OCO3)cc2c1OCO2. The lowest BCUT2D eigenvalue weighted by Gasteiger charge is -2.26. The van der Waals surface area contributed by atoms with Crippen LogP contribution in [0, 0.1) is 0 Å². The maximum atomic E-state index is 13.5. The number of likely N-dealkylation sites (tertiary alicyclic amines) is 1.